The maximum absolute atomic E-state index is 12.5. The van der Waals surface area contributed by atoms with E-state index >= 15 is 0 Å². The number of carbonyl (C=O) groups excluding carboxylic acids is 1. The minimum Gasteiger partial charge on any atom is -0.486 e. The lowest BCUT2D eigenvalue weighted by molar-refractivity contribution is 0.0918. The zero-order valence-corrected chi connectivity index (χ0v) is 17.0. The number of aryl methyl sites for hydroxylation is 1. The Morgan fingerprint density at radius 1 is 1.06 bits per heavy atom. The molecule has 1 N–H and O–H groups in total. The molecule has 5 aromatic rings. The fourth-order valence-electron chi connectivity index (χ4n) is 3.54. The van der Waals surface area contributed by atoms with E-state index in [4.69, 9.17) is 9.15 Å². The van der Waals surface area contributed by atoms with Gasteiger partial charge in [0.15, 0.2) is 5.76 Å². The zero-order valence-electron chi connectivity index (χ0n) is 17.0. The number of fused-ring (bicyclic) bond motifs is 2. The molecule has 0 aliphatic carbocycles. The third kappa shape index (κ3) is 4.00. The number of nitrogens with one attached hydrogen (secondary N) is 1. The van der Waals surface area contributed by atoms with Crippen LogP contribution in [0.4, 0.5) is 0 Å². The SMILES string of the molecule is Cc1cccn2cc(CNC(=O)c3ccc(COc4ccc5ccccc5c4)o3)nc12. The van der Waals surface area contributed by atoms with Gasteiger partial charge in [-0.25, -0.2) is 4.98 Å². The summed E-state index contributed by atoms with van der Waals surface area (Å²) in [5.41, 5.74) is 2.76. The molecule has 0 atom stereocenters. The maximum atomic E-state index is 12.5. The third-order valence-corrected chi connectivity index (χ3v) is 5.15. The summed E-state index contributed by atoms with van der Waals surface area (Å²) < 4.78 is 13.4. The number of carbonyl (C=O) groups is 1. The quantitative estimate of drug-likeness (QED) is 0.432. The average molecular weight is 411 g/mol. The van der Waals surface area contributed by atoms with Crippen molar-refractivity contribution in [3.05, 3.63) is 102 Å². The Labute approximate surface area is 179 Å². The molecule has 6 heteroatoms. The van der Waals surface area contributed by atoms with E-state index in [1.807, 2.05) is 72.2 Å². The van der Waals surface area contributed by atoms with Crippen LogP contribution in [0, 0.1) is 6.92 Å². The van der Waals surface area contributed by atoms with Crippen molar-refractivity contribution in [2.24, 2.45) is 0 Å². The molecule has 1 amide bonds. The molecule has 5 rings (SSSR count). The summed E-state index contributed by atoms with van der Waals surface area (Å²) in [5.74, 6) is 1.30. The first kappa shape index (κ1) is 18.9. The van der Waals surface area contributed by atoms with Gasteiger partial charge in [0, 0.05) is 12.4 Å². The first-order valence-corrected chi connectivity index (χ1v) is 10.1. The Bertz CT molecular complexity index is 1380. The van der Waals surface area contributed by atoms with Gasteiger partial charge in [-0.05, 0) is 53.6 Å². The number of ether oxygens (including phenoxy) is 1. The van der Waals surface area contributed by atoms with Crippen molar-refractivity contribution in [2.45, 2.75) is 20.1 Å². The van der Waals surface area contributed by atoms with Crippen molar-refractivity contribution in [1.29, 1.82) is 0 Å². The third-order valence-electron chi connectivity index (χ3n) is 5.15. The maximum Gasteiger partial charge on any atom is 0.287 e. The summed E-state index contributed by atoms with van der Waals surface area (Å²) in [6, 6.07) is 21.4. The summed E-state index contributed by atoms with van der Waals surface area (Å²) in [6.45, 7) is 2.58. The number of hydrogen-bond acceptors (Lipinski definition) is 4. The van der Waals surface area contributed by atoms with Crippen molar-refractivity contribution in [3.63, 3.8) is 0 Å². The Hall–Kier alpha value is -4.06. The molecule has 0 aliphatic heterocycles. The van der Waals surface area contributed by atoms with Gasteiger partial charge in [-0.2, -0.15) is 0 Å². The number of furan rings is 1. The van der Waals surface area contributed by atoms with E-state index in [0.717, 1.165) is 33.4 Å². The normalized spacial score (nSPS) is 11.1. The lowest BCUT2D eigenvalue weighted by Gasteiger charge is -2.06. The standard InChI is InChI=1S/C25H21N3O3/c1-17-5-4-12-28-15-20(27-24(17)28)14-26-25(29)23-11-10-22(31-23)16-30-21-9-8-18-6-2-3-7-19(18)13-21/h2-13,15H,14,16H2,1H3,(H,26,29). The molecule has 31 heavy (non-hydrogen) atoms. The second-order valence-corrected chi connectivity index (χ2v) is 7.40. The molecule has 0 saturated heterocycles. The molecule has 3 heterocycles. The van der Waals surface area contributed by atoms with Crippen LogP contribution >= 0.6 is 0 Å². The van der Waals surface area contributed by atoms with E-state index in [1.54, 1.807) is 12.1 Å². The van der Waals surface area contributed by atoms with E-state index in [-0.39, 0.29) is 18.3 Å². The topological polar surface area (TPSA) is 68.8 Å². The van der Waals surface area contributed by atoms with Crippen molar-refractivity contribution in [1.82, 2.24) is 14.7 Å². The smallest absolute Gasteiger partial charge is 0.287 e. The molecule has 0 saturated carbocycles. The minimum absolute atomic E-state index is 0.247. The first-order chi connectivity index (χ1) is 15.2. The fraction of sp³-hybridized carbons (Fsp3) is 0.120. The number of amides is 1. The summed E-state index contributed by atoms with van der Waals surface area (Å²) in [5, 5.41) is 5.13. The fourth-order valence-corrected chi connectivity index (χ4v) is 3.54. The molecular formula is C25H21N3O3. The molecule has 154 valence electrons. The second-order valence-electron chi connectivity index (χ2n) is 7.40. The molecule has 6 nitrogen and oxygen atoms in total. The van der Waals surface area contributed by atoms with Crippen LogP contribution in [-0.2, 0) is 13.2 Å². The number of aromatic nitrogens is 2. The number of imidazole rings is 1. The lowest BCUT2D eigenvalue weighted by Crippen LogP contribution is -2.22. The monoisotopic (exact) mass is 411 g/mol. The second kappa shape index (κ2) is 7.99. The van der Waals surface area contributed by atoms with Crippen LogP contribution in [0.3, 0.4) is 0 Å². The molecule has 0 fully saturated rings. The molecule has 0 radical (unpaired) electrons. The Balaban J connectivity index is 1.20. The van der Waals surface area contributed by atoms with Gasteiger partial charge in [-0.3, -0.25) is 4.79 Å². The first-order valence-electron chi connectivity index (χ1n) is 10.1. The molecule has 0 bridgehead atoms. The van der Waals surface area contributed by atoms with Crippen LogP contribution in [0.15, 0.2) is 83.5 Å². The zero-order chi connectivity index (χ0) is 21.2. The van der Waals surface area contributed by atoms with Crippen molar-refractivity contribution >= 4 is 22.3 Å². The van der Waals surface area contributed by atoms with Crippen LogP contribution in [0.2, 0.25) is 0 Å². The van der Waals surface area contributed by atoms with Gasteiger partial charge in [0.1, 0.15) is 23.8 Å². The van der Waals surface area contributed by atoms with Crippen molar-refractivity contribution < 1.29 is 13.9 Å². The van der Waals surface area contributed by atoms with E-state index < -0.39 is 0 Å². The summed E-state index contributed by atoms with van der Waals surface area (Å²) in [4.78, 5) is 17.0. The minimum atomic E-state index is -0.286. The molecule has 0 unspecified atom stereocenters. The van der Waals surface area contributed by atoms with Gasteiger partial charge in [-0.15, -0.1) is 0 Å². The van der Waals surface area contributed by atoms with E-state index in [1.165, 1.54) is 0 Å². The van der Waals surface area contributed by atoms with Gasteiger partial charge in [0.25, 0.3) is 5.91 Å². The molecular weight excluding hydrogens is 390 g/mol. The van der Waals surface area contributed by atoms with E-state index in [2.05, 4.69) is 16.4 Å². The number of benzene rings is 2. The number of pyridine rings is 1. The Morgan fingerprint density at radius 3 is 2.81 bits per heavy atom. The van der Waals surface area contributed by atoms with Crippen LogP contribution < -0.4 is 10.1 Å². The van der Waals surface area contributed by atoms with Crippen LogP contribution in [0.1, 0.15) is 27.6 Å². The van der Waals surface area contributed by atoms with Gasteiger partial charge >= 0.3 is 0 Å². The van der Waals surface area contributed by atoms with Crippen LogP contribution in [0.25, 0.3) is 16.4 Å². The number of rotatable bonds is 6. The van der Waals surface area contributed by atoms with Crippen molar-refractivity contribution in [2.75, 3.05) is 0 Å². The summed E-state index contributed by atoms with van der Waals surface area (Å²) in [7, 11) is 0. The average Bonchev–Trinajstić information content (AvgIpc) is 3.44. The van der Waals surface area contributed by atoms with E-state index in [9.17, 15) is 4.79 Å². The number of hydrogen-bond donors (Lipinski definition) is 1. The predicted molar refractivity (Wildman–Crippen MR) is 118 cm³/mol. The van der Waals surface area contributed by atoms with Crippen LogP contribution in [-0.4, -0.2) is 15.3 Å². The molecule has 0 aliphatic rings. The van der Waals surface area contributed by atoms with Crippen LogP contribution in [0.5, 0.6) is 5.75 Å². The van der Waals surface area contributed by atoms with Gasteiger partial charge in [0.2, 0.25) is 0 Å². The van der Waals surface area contributed by atoms with E-state index in [0.29, 0.717) is 12.3 Å². The summed E-state index contributed by atoms with van der Waals surface area (Å²) in [6.07, 6.45) is 3.85. The molecule has 3 aromatic heterocycles. The Kier molecular flexibility index (Phi) is 4.88. The van der Waals surface area contributed by atoms with Crippen molar-refractivity contribution in [3.8, 4) is 5.75 Å². The molecule has 0 spiro atoms. The highest BCUT2D eigenvalue weighted by Crippen LogP contribution is 2.22. The van der Waals surface area contributed by atoms with Gasteiger partial charge < -0.3 is 18.9 Å². The predicted octanol–water partition coefficient (Wildman–Crippen LogP) is 4.90. The Morgan fingerprint density at radius 2 is 1.94 bits per heavy atom. The highest BCUT2D eigenvalue weighted by Gasteiger charge is 2.13. The highest BCUT2D eigenvalue weighted by atomic mass is 16.5. The van der Waals surface area contributed by atoms with Gasteiger partial charge in [0.05, 0.1) is 12.2 Å². The largest absolute Gasteiger partial charge is 0.486 e. The highest BCUT2D eigenvalue weighted by molar-refractivity contribution is 5.91. The molecule has 2 aromatic carbocycles. The number of nitrogens with zero attached hydrogens (tertiary/aromatic N) is 2. The summed E-state index contributed by atoms with van der Waals surface area (Å²) >= 11 is 0. The van der Waals surface area contributed by atoms with Gasteiger partial charge in [-0.1, -0.05) is 36.4 Å². The lowest BCUT2D eigenvalue weighted by atomic mass is 10.1.